The zero-order valence-electron chi connectivity index (χ0n) is 12.9. The summed E-state index contributed by atoms with van der Waals surface area (Å²) in [7, 11) is 0. The zero-order chi connectivity index (χ0) is 17.2. The van der Waals surface area contributed by atoms with Gasteiger partial charge < -0.3 is 0 Å². The van der Waals surface area contributed by atoms with Crippen molar-refractivity contribution in [3.63, 3.8) is 0 Å². The molecule has 2 rings (SSSR count). The lowest BCUT2D eigenvalue weighted by molar-refractivity contribution is -0.138. The van der Waals surface area contributed by atoms with Gasteiger partial charge in [0.25, 0.3) is 5.91 Å². The van der Waals surface area contributed by atoms with Crippen LogP contribution in [-0.2, 0) is 12.7 Å². The molecule has 1 aromatic heterocycles. The predicted molar refractivity (Wildman–Crippen MR) is 77.0 cm³/mol. The quantitative estimate of drug-likeness (QED) is 0.937. The van der Waals surface area contributed by atoms with E-state index in [0.717, 1.165) is 18.6 Å². The van der Waals surface area contributed by atoms with Crippen LogP contribution in [0.3, 0.4) is 0 Å². The van der Waals surface area contributed by atoms with Crippen molar-refractivity contribution in [2.24, 2.45) is 0 Å². The molecule has 2 aromatic rings. The molecule has 1 heterocycles. The highest BCUT2D eigenvalue weighted by Crippen LogP contribution is 2.33. The maximum Gasteiger partial charge on any atom is 0.416 e. The number of carbonyl (C=O) groups excluding carboxylic acids is 1. The third-order valence-electron chi connectivity index (χ3n) is 3.53. The Morgan fingerprint density at radius 2 is 1.96 bits per heavy atom. The van der Waals surface area contributed by atoms with Gasteiger partial charge in [0.1, 0.15) is 0 Å². The molecule has 23 heavy (non-hydrogen) atoms. The zero-order valence-corrected chi connectivity index (χ0v) is 12.9. The van der Waals surface area contributed by atoms with E-state index in [0.29, 0.717) is 6.54 Å². The molecular weight excluding hydrogens is 311 g/mol. The molecule has 9 heteroatoms. The number of tetrazole rings is 1. The minimum Gasteiger partial charge on any atom is -0.289 e. The van der Waals surface area contributed by atoms with Crippen LogP contribution in [0.2, 0.25) is 0 Å². The van der Waals surface area contributed by atoms with E-state index in [4.69, 9.17) is 0 Å². The molecule has 1 N–H and O–H groups in total. The maximum absolute atomic E-state index is 12.9. The third-order valence-corrected chi connectivity index (χ3v) is 3.53. The first kappa shape index (κ1) is 16.9. The molecule has 0 saturated carbocycles. The minimum absolute atomic E-state index is 0.0262. The van der Waals surface area contributed by atoms with Crippen molar-refractivity contribution < 1.29 is 18.0 Å². The lowest BCUT2D eigenvalue weighted by Gasteiger charge is -2.15. The van der Waals surface area contributed by atoms with Gasteiger partial charge >= 0.3 is 6.18 Å². The molecule has 1 aromatic carbocycles. The predicted octanol–water partition coefficient (Wildman–Crippen LogP) is 2.97. The van der Waals surface area contributed by atoms with E-state index in [1.165, 1.54) is 18.5 Å². The number of hydrogen-bond donors (Lipinski definition) is 1. The van der Waals surface area contributed by atoms with Gasteiger partial charge in [0.2, 0.25) is 5.95 Å². The first-order valence-corrected chi connectivity index (χ1v) is 7.00. The summed E-state index contributed by atoms with van der Waals surface area (Å²) in [5.74, 6) is -0.389. The summed E-state index contributed by atoms with van der Waals surface area (Å²) in [5.41, 5.74) is -0.297. The average Bonchev–Trinajstić information content (AvgIpc) is 2.88. The number of alkyl halides is 3. The highest BCUT2D eigenvalue weighted by Gasteiger charge is 2.33. The van der Waals surface area contributed by atoms with E-state index in [9.17, 15) is 18.0 Å². The highest BCUT2D eigenvalue weighted by molar-refractivity contribution is 6.04. The standard InChI is InChI=1S/C14H16F3N5O/c1-4-7-22-13(19-20-21-22)18-12(23)10-5-6-11(14(15,16)17)9(3)8(10)2/h5-6H,4,7H2,1-3H3,(H,18,19,21,23). The summed E-state index contributed by atoms with van der Waals surface area (Å²) in [6.45, 7) is 5.27. The fourth-order valence-corrected chi connectivity index (χ4v) is 2.20. The number of rotatable bonds is 4. The molecule has 1 amide bonds. The summed E-state index contributed by atoms with van der Waals surface area (Å²) in [6, 6.07) is 2.07. The summed E-state index contributed by atoms with van der Waals surface area (Å²) < 4.78 is 40.0. The van der Waals surface area contributed by atoms with Crippen molar-refractivity contribution in [3.8, 4) is 0 Å². The van der Waals surface area contributed by atoms with E-state index in [-0.39, 0.29) is 22.6 Å². The number of nitrogens with one attached hydrogen (secondary N) is 1. The second-order valence-electron chi connectivity index (χ2n) is 5.09. The Balaban J connectivity index is 2.30. The van der Waals surface area contributed by atoms with Crippen LogP contribution in [0.1, 0.15) is 40.4 Å². The van der Waals surface area contributed by atoms with Gasteiger partial charge in [-0.25, -0.2) is 4.68 Å². The Kier molecular flexibility index (Phi) is 4.67. The number of benzene rings is 1. The Morgan fingerprint density at radius 1 is 1.26 bits per heavy atom. The van der Waals surface area contributed by atoms with Crippen molar-refractivity contribution in [3.05, 3.63) is 34.4 Å². The molecule has 0 bridgehead atoms. The van der Waals surface area contributed by atoms with Crippen molar-refractivity contribution in [1.82, 2.24) is 20.2 Å². The largest absolute Gasteiger partial charge is 0.416 e. The maximum atomic E-state index is 12.9. The molecule has 0 spiro atoms. The van der Waals surface area contributed by atoms with E-state index < -0.39 is 17.6 Å². The average molecular weight is 327 g/mol. The fourth-order valence-electron chi connectivity index (χ4n) is 2.20. The van der Waals surface area contributed by atoms with Crippen LogP contribution in [0.15, 0.2) is 12.1 Å². The van der Waals surface area contributed by atoms with Gasteiger partial charge in [-0.2, -0.15) is 13.2 Å². The van der Waals surface area contributed by atoms with Gasteiger partial charge in [0.05, 0.1) is 5.56 Å². The Labute approximate surface area is 130 Å². The topological polar surface area (TPSA) is 72.7 Å². The monoisotopic (exact) mass is 327 g/mol. The van der Waals surface area contributed by atoms with E-state index in [1.807, 2.05) is 6.92 Å². The van der Waals surface area contributed by atoms with Gasteiger partial charge in [0.15, 0.2) is 0 Å². The van der Waals surface area contributed by atoms with E-state index in [2.05, 4.69) is 20.8 Å². The van der Waals surface area contributed by atoms with Crippen molar-refractivity contribution in [1.29, 1.82) is 0 Å². The van der Waals surface area contributed by atoms with Gasteiger partial charge in [-0.15, -0.1) is 0 Å². The lowest BCUT2D eigenvalue weighted by atomic mass is 9.97. The molecule has 124 valence electrons. The van der Waals surface area contributed by atoms with E-state index in [1.54, 1.807) is 0 Å². The van der Waals surface area contributed by atoms with Crippen molar-refractivity contribution >= 4 is 11.9 Å². The number of carbonyl (C=O) groups is 1. The smallest absolute Gasteiger partial charge is 0.289 e. The molecule has 0 aliphatic rings. The second kappa shape index (κ2) is 6.35. The van der Waals surface area contributed by atoms with Crippen LogP contribution in [0, 0.1) is 13.8 Å². The fraction of sp³-hybridized carbons (Fsp3) is 0.429. The molecule has 0 saturated heterocycles. The van der Waals surface area contributed by atoms with Crippen LogP contribution >= 0.6 is 0 Å². The number of amides is 1. The number of aryl methyl sites for hydroxylation is 1. The molecule has 6 nitrogen and oxygen atoms in total. The second-order valence-corrected chi connectivity index (χ2v) is 5.09. The third kappa shape index (κ3) is 3.49. The number of nitrogens with zero attached hydrogens (tertiary/aromatic N) is 4. The Bertz CT molecular complexity index is 724. The molecular formula is C14H16F3N5O. The van der Waals surface area contributed by atoms with Crippen LogP contribution < -0.4 is 5.32 Å². The Morgan fingerprint density at radius 3 is 2.57 bits per heavy atom. The molecule has 0 aliphatic heterocycles. The number of hydrogen-bond acceptors (Lipinski definition) is 4. The summed E-state index contributed by atoms with van der Waals surface area (Å²) in [4.78, 5) is 12.3. The molecule has 0 unspecified atom stereocenters. The van der Waals surface area contributed by atoms with Gasteiger partial charge in [-0.05, 0) is 54.0 Å². The van der Waals surface area contributed by atoms with Crippen LogP contribution in [-0.4, -0.2) is 26.1 Å². The van der Waals surface area contributed by atoms with Gasteiger partial charge in [-0.1, -0.05) is 12.0 Å². The Hall–Kier alpha value is -2.45. The number of halogens is 3. The van der Waals surface area contributed by atoms with Crippen LogP contribution in [0.4, 0.5) is 19.1 Å². The normalized spacial score (nSPS) is 11.6. The summed E-state index contributed by atoms with van der Waals surface area (Å²) >= 11 is 0. The highest BCUT2D eigenvalue weighted by atomic mass is 19.4. The minimum atomic E-state index is -4.45. The van der Waals surface area contributed by atoms with Crippen LogP contribution in [0.25, 0.3) is 0 Å². The summed E-state index contributed by atoms with van der Waals surface area (Å²) in [5, 5.41) is 13.4. The molecule has 0 atom stereocenters. The number of aromatic nitrogens is 4. The number of anilines is 1. The first-order chi connectivity index (χ1) is 10.8. The first-order valence-electron chi connectivity index (χ1n) is 7.00. The van der Waals surface area contributed by atoms with Gasteiger partial charge in [-0.3, -0.25) is 10.1 Å². The van der Waals surface area contributed by atoms with Crippen LogP contribution in [0.5, 0.6) is 0 Å². The van der Waals surface area contributed by atoms with Gasteiger partial charge in [0, 0.05) is 12.1 Å². The molecule has 0 fully saturated rings. The van der Waals surface area contributed by atoms with E-state index >= 15 is 0 Å². The molecule has 0 radical (unpaired) electrons. The van der Waals surface area contributed by atoms with Crippen molar-refractivity contribution in [2.75, 3.05) is 5.32 Å². The summed E-state index contributed by atoms with van der Waals surface area (Å²) in [6.07, 6.45) is -3.68. The van der Waals surface area contributed by atoms with Crippen molar-refractivity contribution in [2.45, 2.75) is 39.9 Å². The SMILES string of the molecule is CCCn1nnnc1NC(=O)c1ccc(C(F)(F)F)c(C)c1C. The lowest BCUT2D eigenvalue weighted by Crippen LogP contribution is -2.19. The molecule has 0 aliphatic carbocycles.